The SMILES string of the molecule is CC1(C)OC(=O)N([C@H]2CC=C(c3cc(-c4ncccn4)c[nH]c3=O)CC2)C1c1ccccc1. The zero-order valence-corrected chi connectivity index (χ0v) is 18.7. The van der Waals surface area contributed by atoms with Gasteiger partial charge < -0.3 is 9.72 Å². The Kier molecular flexibility index (Phi) is 5.32. The van der Waals surface area contributed by atoms with Gasteiger partial charge in [-0.1, -0.05) is 36.4 Å². The molecule has 1 N–H and O–H groups in total. The highest BCUT2D eigenvalue weighted by Crippen LogP contribution is 2.44. The zero-order valence-electron chi connectivity index (χ0n) is 18.7. The number of aromatic amines is 1. The number of allylic oxidation sites excluding steroid dienone is 1. The maximum atomic E-state index is 12.9. The highest BCUT2D eigenvalue weighted by atomic mass is 16.6. The fourth-order valence-electron chi connectivity index (χ4n) is 4.95. The van der Waals surface area contributed by atoms with Crippen molar-refractivity contribution in [3.05, 3.63) is 88.6 Å². The molecule has 1 unspecified atom stereocenters. The number of pyridine rings is 1. The topological polar surface area (TPSA) is 88.2 Å². The molecule has 1 aliphatic heterocycles. The minimum absolute atomic E-state index is 0.00736. The maximum Gasteiger partial charge on any atom is 0.411 e. The second-order valence-corrected chi connectivity index (χ2v) is 9.05. The first-order chi connectivity index (χ1) is 15.9. The van der Waals surface area contributed by atoms with Crippen LogP contribution in [-0.4, -0.2) is 37.6 Å². The molecule has 1 aliphatic carbocycles. The third-order valence-corrected chi connectivity index (χ3v) is 6.46. The summed E-state index contributed by atoms with van der Waals surface area (Å²) in [6.07, 6.45) is 8.90. The molecule has 5 rings (SSSR count). The molecule has 33 heavy (non-hydrogen) atoms. The number of carbonyl (C=O) groups excluding carboxylic acids is 1. The van der Waals surface area contributed by atoms with E-state index in [4.69, 9.17) is 4.74 Å². The maximum absolute atomic E-state index is 12.9. The van der Waals surface area contributed by atoms with Crippen LogP contribution < -0.4 is 5.56 Å². The molecule has 7 heteroatoms. The molecule has 0 saturated carbocycles. The second kappa shape index (κ2) is 8.31. The van der Waals surface area contributed by atoms with Gasteiger partial charge in [-0.05, 0) is 56.4 Å². The lowest BCUT2D eigenvalue weighted by Gasteiger charge is -2.36. The Morgan fingerprint density at radius 2 is 1.85 bits per heavy atom. The van der Waals surface area contributed by atoms with Gasteiger partial charge in [0.1, 0.15) is 5.60 Å². The van der Waals surface area contributed by atoms with Crippen LogP contribution in [-0.2, 0) is 4.74 Å². The van der Waals surface area contributed by atoms with E-state index in [2.05, 4.69) is 21.0 Å². The highest BCUT2D eigenvalue weighted by molar-refractivity contribution is 5.74. The van der Waals surface area contributed by atoms with Crippen LogP contribution in [0.4, 0.5) is 4.79 Å². The van der Waals surface area contributed by atoms with Crippen LogP contribution in [0.15, 0.2) is 71.9 Å². The van der Waals surface area contributed by atoms with Gasteiger partial charge in [0.25, 0.3) is 5.56 Å². The van der Waals surface area contributed by atoms with Crippen molar-refractivity contribution >= 4 is 11.7 Å². The predicted molar refractivity (Wildman–Crippen MR) is 125 cm³/mol. The van der Waals surface area contributed by atoms with Crippen LogP contribution in [0.2, 0.25) is 0 Å². The van der Waals surface area contributed by atoms with Crippen LogP contribution in [0.25, 0.3) is 17.0 Å². The summed E-state index contributed by atoms with van der Waals surface area (Å²) < 4.78 is 5.77. The van der Waals surface area contributed by atoms with Gasteiger partial charge >= 0.3 is 6.09 Å². The molecule has 2 aromatic heterocycles. The van der Waals surface area contributed by atoms with Crippen LogP contribution in [0.5, 0.6) is 0 Å². The van der Waals surface area contributed by atoms with Crippen molar-refractivity contribution in [2.75, 3.05) is 0 Å². The zero-order chi connectivity index (χ0) is 23.0. The van der Waals surface area contributed by atoms with E-state index in [0.29, 0.717) is 24.2 Å². The molecule has 3 heterocycles. The smallest absolute Gasteiger partial charge is 0.411 e. The number of hydrogen-bond donors (Lipinski definition) is 1. The van der Waals surface area contributed by atoms with Crippen molar-refractivity contribution in [1.82, 2.24) is 19.9 Å². The lowest BCUT2D eigenvalue weighted by molar-refractivity contribution is 0.0668. The number of amides is 1. The summed E-state index contributed by atoms with van der Waals surface area (Å²) in [5, 5.41) is 0. The molecule has 168 valence electrons. The third-order valence-electron chi connectivity index (χ3n) is 6.46. The Morgan fingerprint density at radius 1 is 1.09 bits per heavy atom. The number of nitrogens with zero attached hydrogens (tertiary/aromatic N) is 3. The number of rotatable bonds is 4. The molecule has 0 bridgehead atoms. The van der Waals surface area contributed by atoms with E-state index in [-0.39, 0.29) is 23.7 Å². The van der Waals surface area contributed by atoms with Gasteiger partial charge in [-0.25, -0.2) is 14.8 Å². The summed E-state index contributed by atoms with van der Waals surface area (Å²) in [5.41, 5.74) is 2.68. The van der Waals surface area contributed by atoms with Crippen molar-refractivity contribution < 1.29 is 9.53 Å². The Bertz CT molecular complexity index is 1250. The third kappa shape index (κ3) is 3.95. The standard InChI is InChI=1S/C26H26N4O3/c1-26(2)22(18-7-4-3-5-8-18)30(25(32)33-26)20-11-9-17(10-12-20)21-15-19(16-29-24(21)31)23-27-13-6-14-28-23/h3-9,13-16,20,22H,10-12H2,1-2H3,(H,29,31)/t20-,22?/m0/s1. The molecule has 0 spiro atoms. The van der Waals surface area contributed by atoms with Gasteiger partial charge in [-0.15, -0.1) is 0 Å². The molecule has 2 aliphatic rings. The molecular formula is C26H26N4O3. The quantitative estimate of drug-likeness (QED) is 0.631. The summed E-state index contributed by atoms with van der Waals surface area (Å²) in [6, 6.07) is 13.5. The van der Waals surface area contributed by atoms with E-state index < -0.39 is 5.60 Å². The monoisotopic (exact) mass is 442 g/mol. The molecule has 0 radical (unpaired) electrons. The average Bonchev–Trinajstić information content (AvgIpc) is 3.08. The van der Waals surface area contributed by atoms with E-state index in [1.807, 2.05) is 55.1 Å². The number of benzene rings is 1. The first kappa shape index (κ1) is 21.1. The van der Waals surface area contributed by atoms with E-state index in [9.17, 15) is 9.59 Å². The minimum atomic E-state index is -0.621. The van der Waals surface area contributed by atoms with Gasteiger partial charge in [0.15, 0.2) is 5.82 Å². The molecule has 1 fully saturated rings. The largest absolute Gasteiger partial charge is 0.441 e. The fourth-order valence-corrected chi connectivity index (χ4v) is 4.95. The Balaban J connectivity index is 1.42. The van der Waals surface area contributed by atoms with Crippen molar-refractivity contribution in [2.45, 2.75) is 50.8 Å². The van der Waals surface area contributed by atoms with Crippen molar-refractivity contribution in [1.29, 1.82) is 0 Å². The van der Waals surface area contributed by atoms with Crippen LogP contribution in [0.1, 0.15) is 50.3 Å². The number of cyclic esters (lactones) is 1. The van der Waals surface area contributed by atoms with E-state index >= 15 is 0 Å². The fraction of sp³-hybridized carbons (Fsp3) is 0.308. The normalized spacial score (nSPS) is 22.1. The highest BCUT2D eigenvalue weighted by Gasteiger charge is 2.51. The summed E-state index contributed by atoms with van der Waals surface area (Å²) >= 11 is 0. The van der Waals surface area contributed by atoms with Gasteiger partial charge in [0.2, 0.25) is 0 Å². The van der Waals surface area contributed by atoms with Gasteiger partial charge in [0.05, 0.1) is 6.04 Å². The molecule has 3 aromatic rings. The second-order valence-electron chi connectivity index (χ2n) is 9.05. The first-order valence-corrected chi connectivity index (χ1v) is 11.2. The summed E-state index contributed by atoms with van der Waals surface area (Å²) in [6.45, 7) is 3.92. The number of ether oxygens (including phenoxy) is 1. The summed E-state index contributed by atoms with van der Waals surface area (Å²) in [5.74, 6) is 0.567. The van der Waals surface area contributed by atoms with E-state index in [1.165, 1.54) is 0 Å². The lowest BCUT2D eigenvalue weighted by Crippen LogP contribution is -2.41. The van der Waals surface area contributed by atoms with Crippen molar-refractivity contribution in [2.24, 2.45) is 0 Å². The minimum Gasteiger partial charge on any atom is -0.441 e. The Morgan fingerprint density at radius 3 is 2.55 bits per heavy atom. The number of nitrogens with one attached hydrogen (secondary N) is 1. The van der Waals surface area contributed by atoms with Gasteiger partial charge in [0, 0.05) is 35.8 Å². The molecule has 1 saturated heterocycles. The molecule has 1 amide bonds. The van der Waals surface area contributed by atoms with E-state index in [0.717, 1.165) is 23.1 Å². The van der Waals surface area contributed by atoms with Crippen molar-refractivity contribution in [3.8, 4) is 11.4 Å². The first-order valence-electron chi connectivity index (χ1n) is 11.2. The number of aromatic nitrogens is 3. The molecule has 2 atom stereocenters. The van der Waals surface area contributed by atoms with Crippen LogP contribution in [0.3, 0.4) is 0 Å². The number of carbonyl (C=O) groups is 1. The van der Waals surface area contributed by atoms with Gasteiger partial charge in [-0.2, -0.15) is 0 Å². The Labute approximate surface area is 192 Å². The van der Waals surface area contributed by atoms with Crippen molar-refractivity contribution in [3.63, 3.8) is 0 Å². The molecule has 7 nitrogen and oxygen atoms in total. The molecular weight excluding hydrogens is 416 g/mol. The Hall–Kier alpha value is -3.74. The summed E-state index contributed by atoms with van der Waals surface area (Å²) in [7, 11) is 0. The van der Waals surface area contributed by atoms with Crippen LogP contribution >= 0.6 is 0 Å². The average molecular weight is 443 g/mol. The van der Waals surface area contributed by atoms with Gasteiger partial charge in [-0.3, -0.25) is 9.69 Å². The number of hydrogen-bond acceptors (Lipinski definition) is 5. The van der Waals surface area contributed by atoms with E-state index in [1.54, 1.807) is 24.7 Å². The molecule has 1 aromatic carbocycles. The number of H-pyrrole nitrogens is 1. The van der Waals surface area contributed by atoms with Crippen LogP contribution in [0, 0.1) is 0 Å². The summed E-state index contributed by atoms with van der Waals surface area (Å²) in [4.78, 5) is 38.7. The lowest BCUT2D eigenvalue weighted by atomic mass is 9.86. The predicted octanol–water partition coefficient (Wildman–Crippen LogP) is 4.74.